The van der Waals surface area contributed by atoms with Gasteiger partial charge in [-0.25, -0.2) is 9.59 Å². The highest BCUT2D eigenvalue weighted by molar-refractivity contribution is 5.99. The van der Waals surface area contributed by atoms with Crippen molar-refractivity contribution in [2.45, 2.75) is 0 Å². The second-order valence-corrected chi connectivity index (χ2v) is 4.00. The molecule has 0 spiro atoms. The first kappa shape index (κ1) is 17.3. The maximum atomic E-state index is 11.9. The number of hydrogen-bond donors (Lipinski definition) is 0. The van der Waals surface area contributed by atoms with Crippen molar-refractivity contribution in [2.75, 3.05) is 27.4 Å². The Kier molecular flexibility index (Phi) is 6.69. The molecule has 0 atom stereocenters. The molecule has 0 aliphatic heterocycles. The largest absolute Gasteiger partial charge is 0.485 e. The standard InChI is InChI=1S/C16H18O6/c1-5-9-21-13-11(15(17)19-3)7-8-12(16(18)20-4)14(13)22-10-6-2/h5-8H,1-2,9-10H2,3-4H3. The molecule has 118 valence electrons. The molecule has 0 radical (unpaired) electrons. The van der Waals surface area contributed by atoms with Gasteiger partial charge >= 0.3 is 11.9 Å². The topological polar surface area (TPSA) is 71.1 Å². The lowest BCUT2D eigenvalue weighted by Crippen LogP contribution is -2.12. The highest BCUT2D eigenvalue weighted by Gasteiger charge is 2.25. The highest BCUT2D eigenvalue weighted by atomic mass is 16.5. The van der Waals surface area contributed by atoms with Crippen molar-refractivity contribution in [2.24, 2.45) is 0 Å². The number of rotatable bonds is 8. The second-order valence-electron chi connectivity index (χ2n) is 4.00. The maximum Gasteiger partial charge on any atom is 0.341 e. The van der Waals surface area contributed by atoms with Crippen LogP contribution in [-0.2, 0) is 9.47 Å². The lowest BCUT2D eigenvalue weighted by Gasteiger charge is -2.16. The fourth-order valence-corrected chi connectivity index (χ4v) is 1.68. The van der Waals surface area contributed by atoms with Crippen molar-refractivity contribution in [1.82, 2.24) is 0 Å². The highest BCUT2D eigenvalue weighted by Crippen LogP contribution is 2.36. The monoisotopic (exact) mass is 306 g/mol. The molecule has 0 unspecified atom stereocenters. The van der Waals surface area contributed by atoms with E-state index in [1.165, 1.54) is 38.5 Å². The van der Waals surface area contributed by atoms with Gasteiger partial charge in [-0.2, -0.15) is 0 Å². The van der Waals surface area contributed by atoms with E-state index in [-0.39, 0.29) is 35.8 Å². The van der Waals surface area contributed by atoms with Gasteiger partial charge in [0.1, 0.15) is 24.3 Å². The quantitative estimate of drug-likeness (QED) is 0.542. The molecule has 0 aliphatic carbocycles. The summed E-state index contributed by atoms with van der Waals surface area (Å²) in [4.78, 5) is 23.7. The molecule has 0 saturated heterocycles. The summed E-state index contributed by atoms with van der Waals surface area (Å²) in [7, 11) is 2.50. The van der Waals surface area contributed by atoms with Crippen LogP contribution in [0, 0.1) is 0 Å². The van der Waals surface area contributed by atoms with E-state index >= 15 is 0 Å². The Morgan fingerprint density at radius 1 is 0.909 bits per heavy atom. The molecule has 0 N–H and O–H groups in total. The minimum absolute atomic E-state index is 0.0940. The summed E-state index contributed by atoms with van der Waals surface area (Å²) in [6.45, 7) is 7.34. The Bertz CT molecular complexity index is 525. The lowest BCUT2D eigenvalue weighted by atomic mass is 10.1. The Morgan fingerprint density at radius 2 is 1.27 bits per heavy atom. The first-order chi connectivity index (χ1) is 10.6. The average Bonchev–Trinajstić information content (AvgIpc) is 2.56. The zero-order valence-electron chi connectivity index (χ0n) is 12.6. The molecule has 1 rings (SSSR count). The smallest absolute Gasteiger partial charge is 0.341 e. The molecule has 6 nitrogen and oxygen atoms in total. The first-order valence-corrected chi connectivity index (χ1v) is 6.41. The van der Waals surface area contributed by atoms with Crippen molar-refractivity contribution in [3.05, 3.63) is 48.6 Å². The van der Waals surface area contributed by atoms with Gasteiger partial charge < -0.3 is 18.9 Å². The minimum atomic E-state index is -0.612. The van der Waals surface area contributed by atoms with Crippen LogP contribution in [0.15, 0.2) is 37.4 Å². The molecule has 0 aliphatic rings. The van der Waals surface area contributed by atoms with Gasteiger partial charge in [-0.15, -0.1) is 0 Å². The summed E-state index contributed by atoms with van der Waals surface area (Å²) in [6.07, 6.45) is 3.01. The number of benzene rings is 1. The van der Waals surface area contributed by atoms with Crippen LogP contribution in [0.25, 0.3) is 0 Å². The van der Waals surface area contributed by atoms with Crippen LogP contribution >= 0.6 is 0 Å². The van der Waals surface area contributed by atoms with E-state index in [0.29, 0.717) is 0 Å². The zero-order valence-corrected chi connectivity index (χ0v) is 12.6. The third-order valence-electron chi connectivity index (χ3n) is 2.61. The normalized spacial score (nSPS) is 9.55. The Morgan fingerprint density at radius 3 is 1.55 bits per heavy atom. The summed E-state index contributed by atoms with van der Waals surface area (Å²) >= 11 is 0. The number of ether oxygens (including phenoxy) is 4. The summed E-state index contributed by atoms with van der Waals surface area (Å²) in [5.41, 5.74) is 0.270. The molecule has 0 heterocycles. The Hall–Kier alpha value is -2.76. The van der Waals surface area contributed by atoms with Crippen LogP contribution in [-0.4, -0.2) is 39.4 Å². The van der Waals surface area contributed by atoms with Gasteiger partial charge in [-0.3, -0.25) is 0 Å². The van der Waals surface area contributed by atoms with Gasteiger partial charge in [0.25, 0.3) is 0 Å². The van der Waals surface area contributed by atoms with Crippen LogP contribution in [0.2, 0.25) is 0 Å². The van der Waals surface area contributed by atoms with E-state index < -0.39 is 11.9 Å². The van der Waals surface area contributed by atoms with Crippen molar-refractivity contribution >= 4 is 11.9 Å². The molecule has 1 aromatic carbocycles. The molecule has 1 aromatic rings. The fraction of sp³-hybridized carbons (Fsp3) is 0.250. The molecular weight excluding hydrogens is 288 g/mol. The van der Waals surface area contributed by atoms with Crippen LogP contribution in [0.1, 0.15) is 20.7 Å². The summed E-state index contributed by atoms with van der Waals surface area (Å²) in [6, 6.07) is 2.83. The predicted octanol–water partition coefficient (Wildman–Crippen LogP) is 2.39. The van der Waals surface area contributed by atoms with E-state index in [4.69, 9.17) is 18.9 Å². The van der Waals surface area contributed by atoms with Crippen LogP contribution < -0.4 is 9.47 Å². The van der Waals surface area contributed by atoms with E-state index in [0.717, 1.165) is 0 Å². The van der Waals surface area contributed by atoms with E-state index in [2.05, 4.69) is 13.2 Å². The predicted molar refractivity (Wildman–Crippen MR) is 80.5 cm³/mol. The average molecular weight is 306 g/mol. The molecule has 0 fully saturated rings. The SMILES string of the molecule is C=CCOc1c(C(=O)OC)ccc(C(=O)OC)c1OCC=C. The third kappa shape index (κ3) is 3.88. The van der Waals surface area contributed by atoms with Crippen LogP contribution in [0.4, 0.5) is 0 Å². The number of carbonyl (C=O) groups is 2. The zero-order chi connectivity index (χ0) is 16.5. The van der Waals surface area contributed by atoms with Crippen LogP contribution in [0.3, 0.4) is 0 Å². The maximum absolute atomic E-state index is 11.9. The number of esters is 2. The molecule has 0 bridgehead atoms. The Balaban J connectivity index is 3.48. The van der Waals surface area contributed by atoms with Crippen molar-refractivity contribution in [1.29, 1.82) is 0 Å². The Labute approximate surface area is 128 Å². The summed E-state index contributed by atoms with van der Waals surface area (Å²) < 4.78 is 20.4. The number of hydrogen-bond acceptors (Lipinski definition) is 6. The van der Waals surface area contributed by atoms with E-state index in [1.807, 2.05) is 0 Å². The van der Waals surface area contributed by atoms with Crippen LogP contribution in [0.5, 0.6) is 11.5 Å². The number of carbonyl (C=O) groups excluding carboxylic acids is 2. The fourth-order valence-electron chi connectivity index (χ4n) is 1.68. The van der Waals surface area contributed by atoms with Gasteiger partial charge in [-0.1, -0.05) is 25.3 Å². The first-order valence-electron chi connectivity index (χ1n) is 6.41. The molecular formula is C16H18O6. The van der Waals surface area contributed by atoms with Gasteiger partial charge in [-0.05, 0) is 12.1 Å². The van der Waals surface area contributed by atoms with Crippen molar-refractivity contribution < 1.29 is 28.5 Å². The van der Waals surface area contributed by atoms with E-state index in [9.17, 15) is 9.59 Å². The molecule has 0 amide bonds. The minimum Gasteiger partial charge on any atom is -0.485 e. The van der Waals surface area contributed by atoms with Gasteiger partial charge in [0, 0.05) is 0 Å². The summed E-state index contributed by atoms with van der Waals surface area (Å²) in [5.74, 6) is -1.04. The lowest BCUT2D eigenvalue weighted by molar-refractivity contribution is 0.0578. The molecule has 22 heavy (non-hydrogen) atoms. The molecule has 0 aromatic heterocycles. The van der Waals surface area contributed by atoms with Crippen molar-refractivity contribution in [3.63, 3.8) is 0 Å². The van der Waals surface area contributed by atoms with Gasteiger partial charge in [0.05, 0.1) is 14.2 Å². The van der Waals surface area contributed by atoms with Gasteiger partial charge in [0.15, 0.2) is 11.5 Å². The summed E-state index contributed by atoms with van der Waals surface area (Å²) in [5, 5.41) is 0. The number of methoxy groups -OCH3 is 2. The van der Waals surface area contributed by atoms with E-state index in [1.54, 1.807) is 0 Å². The molecule has 6 heteroatoms. The van der Waals surface area contributed by atoms with Gasteiger partial charge in [0.2, 0.25) is 0 Å². The molecule has 0 saturated carbocycles. The third-order valence-corrected chi connectivity index (χ3v) is 2.61. The van der Waals surface area contributed by atoms with Crippen molar-refractivity contribution in [3.8, 4) is 11.5 Å². The second kappa shape index (κ2) is 8.51.